The van der Waals surface area contributed by atoms with Crippen molar-refractivity contribution in [1.82, 2.24) is 15.1 Å². The topological polar surface area (TPSA) is 135 Å². The molecule has 1 unspecified atom stereocenters. The summed E-state index contributed by atoms with van der Waals surface area (Å²) in [6.45, 7) is 5.92. The molecule has 1 aliphatic rings. The van der Waals surface area contributed by atoms with Crippen molar-refractivity contribution in [3.05, 3.63) is 81.0 Å². The summed E-state index contributed by atoms with van der Waals surface area (Å²) >= 11 is 0.977. The Bertz CT molecular complexity index is 1470. The molecule has 226 valence electrons. The van der Waals surface area contributed by atoms with Gasteiger partial charge in [0.25, 0.3) is 11.8 Å². The van der Waals surface area contributed by atoms with Crippen LogP contribution in [0.2, 0.25) is 0 Å². The summed E-state index contributed by atoms with van der Waals surface area (Å²) in [4.78, 5) is 48.1. The third kappa shape index (κ3) is 8.66. The van der Waals surface area contributed by atoms with E-state index in [0.29, 0.717) is 22.4 Å². The van der Waals surface area contributed by atoms with Crippen LogP contribution in [0.1, 0.15) is 75.2 Å². The number of nitrogens with one attached hydrogen (secondary N) is 1. The molecule has 1 fully saturated rings. The fraction of sp³-hybridized carbons (Fsp3) is 0.344. The van der Waals surface area contributed by atoms with E-state index in [9.17, 15) is 24.8 Å². The van der Waals surface area contributed by atoms with Gasteiger partial charge in [-0.15, -0.1) is 11.3 Å². The van der Waals surface area contributed by atoms with E-state index in [1.807, 2.05) is 19.9 Å². The number of phenolic OH excluding ortho intramolecular Hbond substituents is 1. The predicted molar refractivity (Wildman–Crippen MR) is 167 cm³/mol. The van der Waals surface area contributed by atoms with E-state index in [4.69, 9.17) is 4.74 Å². The highest BCUT2D eigenvalue weighted by atomic mass is 32.1. The van der Waals surface area contributed by atoms with Crippen molar-refractivity contribution in [3.63, 3.8) is 0 Å². The van der Waals surface area contributed by atoms with Crippen LogP contribution in [-0.2, 0) is 16.1 Å². The number of likely N-dealkylation sites (tertiary alicyclic amines) is 1. The number of rotatable bonds is 9. The Morgan fingerprint density at radius 1 is 1.14 bits per heavy atom. The minimum Gasteiger partial charge on any atom is -0.508 e. The molecule has 0 aliphatic carbocycles. The lowest BCUT2D eigenvalue weighted by Gasteiger charge is -2.23. The molecule has 0 bridgehead atoms. The Morgan fingerprint density at radius 3 is 2.47 bits per heavy atom. The average Bonchev–Trinajstić information content (AvgIpc) is 3.48. The molecule has 2 N–H and O–H groups in total. The van der Waals surface area contributed by atoms with Crippen LogP contribution in [0.15, 0.2) is 59.6 Å². The van der Waals surface area contributed by atoms with Gasteiger partial charge in [-0.25, -0.2) is 9.79 Å². The number of benzene rings is 2. The van der Waals surface area contributed by atoms with Crippen LogP contribution in [0.5, 0.6) is 5.75 Å². The number of amides is 2. The number of esters is 1. The molecule has 1 atom stereocenters. The second-order valence-corrected chi connectivity index (χ2v) is 10.7. The summed E-state index contributed by atoms with van der Waals surface area (Å²) in [5.41, 5.74) is 1.95. The van der Waals surface area contributed by atoms with Crippen LogP contribution in [0.3, 0.4) is 0 Å². The largest absolute Gasteiger partial charge is 0.508 e. The Hall–Kier alpha value is -4.69. The Morgan fingerprint density at radius 2 is 1.81 bits per heavy atom. The number of carbonyl (C=O) groups is 3. The third-order valence-electron chi connectivity index (χ3n) is 6.71. The first-order valence-corrected chi connectivity index (χ1v) is 15.0. The van der Waals surface area contributed by atoms with Gasteiger partial charge in [-0.05, 0) is 54.7 Å². The van der Waals surface area contributed by atoms with E-state index in [1.165, 1.54) is 42.3 Å². The van der Waals surface area contributed by atoms with Crippen molar-refractivity contribution >= 4 is 41.1 Å². The van der Waals surface area contributed by atoms with Gasteiger partial charge in [-0.1, -0.05) is 44.2 Å². The highest BCUT2D eigenvalue weighted by Gasteiger charge is 2.28. The summed E-state index contributed by atoms with van der Waals surface area (Å²) in [6, 6.07) is 15.5. The zero-order valence-corrected chi connectivity index (χ0v) is 25.7. The molecule has 1 saturated heterocycles. The van der Waals surface area contributed by atoms with Crippen molar-refractivity contribution in [3.8, 4) is 11.8 Å². The Labute approximate surface area is 256 Å². The van der Waals surface area contributed by atoms with Gasteiger partial charge in [0.15, 0.2) is 6.04 Å². The van der Waals surface area contributed by atoms with Crippen molar-refractivity contribution in [2.45, 2.75) is 45.7 Å². The monoisotopic (exact) mass is 603 g/mol. The molecular formula is C32H37N5O5S. The van der Waals surface area contributed by atoms with Crippen LogP contribution >= 0.6 is 11.3 Å². The van der Waals surface area contributed by atoms with E-state index >= 15 is 0 Å². The first kappa shape index (κ1) is 32.8. The molecule has 43 heavy (non-hydrogen) atoms. The van der Waals surface area contributed by atoms with Crippen molar-refractivity contribution in [2.75, 3.05) is 27.2 Å². The lowest BCUT2D eigenvalue weighted by atomic mass is 10.1. The van der Waals surface area contributed by atoms with Gasteiger partial charge in [0.2, 0.25) is 0 Å². The van der Waals surface area contributed by atoms with Gasteiger partial charge >= 0.3 is 5.97 Å². The number of ether oxygens (including phenoxy) is 1. The summed E-state index contributed by atoms with van der Waals surface area (Å²) in [6.07, 6.45) is 4.98. The molecule has 2 heterocycles. The van der Waals surface area contributed by atoms with Crippen LogP contribution in [0.25, 0.3) is 0 Å². The van der Waals surface area contributed by atoms with Crippen LogP contribution in [-0.4, -0.2) is 66.3 Å². The van der Waals surface area contributed by atoms with Gasteiger partial charge in [0, 0.05) is 26.7 Å². The number of carbonyl (C=O) groups excluding carboxylic acids is 3. The SMILES string of the molecule is CC.COC(=O)C(NC(=O)c1cc(N=CN2CCCCC2)c(C(=O)N(C)Cc2ccccc2C#N)s1)c1ccc(O)cc1. The number of methoxy groups -OCH3 is 1. The van der Waals surface area contributed by atoms with Gasteiger partial charge in [-0.2, -0.15) is 5.26 Å². The number of hydrogen-bond donors (Lipinski definition) is 2. The fourth-order valence-corrected chi connectivity index (χ4v) is 5.45. The van der Waals surface area contributed by atoms with E-state index < -0.39 is 17.9 Å². The van der Waals surface area contributed by atoms with Gasteiger partial charge in [0.1, 0.15) is 10.6 Å². The molecule has 3 aromatic rings. The number of nitriles is 1. The Balaban J connectivity index is 0.00000248. The summed E-state index contributed by atoms with van der Waals surface area (Å²) in [5.74, 6) is -1.60. The van der Waals surface area contributed by atoms with Crippen molar-refractivity contribution < 1.29 is 24.2 Å². The van der Waals surface area contributed by atoms with Crippen LogP contribution in [0, 0.1) is 11.3 Å². The quantitative estimate of drug-likeness (QED) is 0.190. The molecule has 0 spiro atoms. The molecule has 2 aromatic carbocycles. The zero-order chi connectivity index (χ0) is 31.4. The first-order valence-electron chi connectivity index (χ1n) is 14.1. The summed E-state index contributed by atoms with van der Waals surface area (Å²) < 4.78 is 4.89. The van der Waals surface area contributed by atoms with Crippen LogP contribution in [0.4, 0.5) is 5.69 Å². The average molecular weight is 604 g/mol. The normalized spacial score (nSPS) is 13.3. The number of piperidine rings is 1. The number of nitrogens with zero attached hydrogens (tertiary/aromatic N) is 4. The minimum atomic E-state index is -1.13. The van der Waals surface area contributed by atoms with E-state index in [1.54, 1.807) is 31.6 Å². The maximum atomic E-state index is 13.6. The first-order chi connectivity index (χ1) is 20.8. The molecule has 11 heteroatoms. The molecule has 2 amide bonds. The van der Waals surface area contributed by atoms with E-state index in [0.717, 1.165) is 43.7 Å². The number of phenols is 1. The lowest BCUT2D eigenvalue weighted by molar-refractivity contribution is -0.143. The molecule has 1 aliphatic heterocycles. The maximum absolute atomic E-state index is 13.6. The van der Waals surface area contributed by atoms with Gasteiger partial charge in [-0.3, -0.25) is 9.59 Å². The second kappa shape index (κ2) is 16.1. The highest BCUT2D eigenvalue weighted by molar-refractivity contribution is 7.16. The predicted octanol–water partition coefficient (Wildman–Crippen LogP) is 5.41. The second-order valence-electron chi connectivity index (χ2n) is 9.62. The Kier molecular flexibility index (Phi) is 12.3. The zero-order valence-electron chi connectivity index (χ0n) is 24.9. The maximum Gasteiger partial charge on any atom is 0.333 e. The molecule has 4 rings (SSSR count). The van der Waals surface area contributed by atoms with Crippen LogP contribution < -0.4 is 5.32 Å². The van der Waals surface area contributed by atoms with E-state index in [2.05, 4.69) is 21.3 Å². The molecule has 0 radical (unpaired) electrons. The van der Waals surface area contributed by atoms with Crippen molar-refractivity contribution in [2.24, 2.45) is 4.99 Å². The lowest BCUT2D eigenvalue weighted by Crippen LogP contribution is -2.34. The number of aromatic hydroxyl groups is 1. The highest BCUT2D eigenvalue weighted by Crippen LogP contribution is 2.32. The third-order valence-corrected chi connectivity index (χ3v) is 7.82. The smallest absolute Gasteiger partial charge is 0.333 e. The van der Waals surface area contributed by atoms with E-state index in [-0.39, 0.29) is 28.0 Å². The standard InChI is InChI=1S/C30H31N5O5S.C2H6/c1-34(18-22-9-5-4-8-21(22)17-31)29(38)27-24(32-19-35-14-6-3-7-15-35)16-25(41-27)28(37)33-26(30(39)40-2)20-10-12-23(36)13-11-20;1-2/h4-5,8-13,16,19,26,36H,3,6-7,14-15,18H2,1-2H3,(H,33,37);1-2H3. The number of thiophene rings is 1. The molecule has 0 saturated carbocycles. The van der Waals surface area contributed by atoms with Crippen molar-refractivity contribution in [1.29, 1.82) is 5.26 Å². The van der Waals surface area contributed by atoms with Gasteiger partial charge < -0.3 is 25.0 Å². The summed E-state index contributed by atoms with van der Waals surface area (Å²) in [5, 5.41) is 21.8. The molecule has 10 nitrogen and oxygen atoms in total. The summed E-state index contributed by atoms with van der Waals surface area (Å²) in [7, 11) is 2.85. The molecular weight excluding hydrogens is 566 g/mol. The number of hydrogen-bond acceptors (Lipinski definition) is 8. The molecule has 1 aromatic heterocycles. The minimum absolute atomic E-state index is 0.0165. The fourth-order valence-electron chi connectivity index (χ4n) is 4.45. The van der Waals surface area contributed by atoms with Gasteiger partial charge in [0.05, 0.1) is 35.6 Å². The number of aliphatic imine (C=N–C) groups is 1.